The van der Waals surface area contributed by atoms with Gasteiger partial charge in [0.1, 0.15) is 11.8 Å². The number of carbonyl (C=O) groups is 3. The van der Waals surface area contributed by atoms with Gasteiger partial charge in [-0.2, -0.15) is 0 Å². The lowest BCUT2D eigenvalue weighted by Crippen LogP contribution is -2.37. The van der Waals surface area contributed by atoms with Crippen LogP contribution in [-0.4, -0.2) is 27.8 Å². The number of hydrogen-bond donors (Lipinski definition) is 1. The molecule has 0 unspecified atom stereocenters. The normalized spacial score (nSPS) is 34.3. The molecule has 5 atom stereocenters. The Balaban J connectivity index is 1.70. The largest absolute Gasteiger partial charge is 0.481 e. The summed E-state index contributed by atoms with van der Waals surface area (Å²) in [7, 11) is 0. The Labute approximate surface area is 127 Å². The molecular weight excluding hydrogens is 286 g/mol. The molecule has 2 bridgehead atoms. The van der Waals surface area contributed by atoms with Crippen LogP contribution < -0.4 is 0 Å². The number of carbonyl (C=O) groups excluding carboxylic acids is 2. The van der Waals surface area contributed by atoms with Crippen molar-refractivity contribution in [2.75, 3.05) is 0 Å². The highest BCUT2D eigenvalue weighted by atomic mass is 16.4. The Morgan fingerprint density at radius 2 is 1.91 bits per heavy atom. The highest BCUT2D eigenvalue weighted by Gasteiger charge is 2.62. The summed E-state index contributed by atoms with van der Waals surface area (Å²) in [5, 5.41) is 9.14. The van der Waals surface area contributed by atoms with E-state index in [1.807, 2.05) is 0 Å². The molecule has 2 amide bonds. The van der Waals surface area contributed by atoms with Gasteiger partial charge in [-0.15, -0.1) is 0 Å². The summed E-state index contributed by atoms with van der Waals surface area (Å²) in [6.07, 6.45) is 4.08. The predicted octanol–water partition coefficient (Wildman–Crippen LogP) is 1.83. The second-order valence-electron chi connectivity index (χ2n) is 6.56. The van der Waals surface area contributed by atoms with Gasteiger partial charge in [0.05, 0.1) is 24.5 Å². The number of amides is 2. The van der Waals surface area contributed by atoms with E-state index < -0.39 is 12.0 Å². The van der Waals surface area contributed by atoms with E-state index in [9.17, 15) is 14.4 Å². The van der Waals surface area contributed by atoms with Gasteiger partial charge >= 0.3 is 5.97 Å². The van der Waals surface area contributed by atoms with Crippen LogP contribution in [0.5, 0.6) is 0 Å². The fourth-order valence-corrected chi connectivity index (χ4v) is 4.70. The van der Waals surface area contributed by atoms with Crippen LogP contribution in [0.15, 0.2) is 22.8 Å². The van der Waals surface area contributed by atoms with Gasteiger partial charge < -0.3 is 9.52 Å². The number of fused-ring (bicyclic) bond motifs is 5. The third-order valence-corrected chi connectivity index (χ3v) is 5.51. The average molecular weight is 303 g/mol. The van der Waals surface area contributed by atoms with E-state index >= 15 is 0 Å². The third-order valence-electron chi connectivity index (χ3n) is 5.51. The van der Waals surface area contributed by atoms with Crippen LogP contribution in [0.25, 0.3) is 0 Å². The summed E-state index contributed by atoms with van der Waals surface area (Å²) >= 11 is 0. The Morgan fingerprint density at radius 1 is 1.27 bits per heavy atom. The first-order valence-corrected chi connectivity index (χ1v) is 7.70. The fourth-order valence-electron chi connectivity index (χ4n) is 4.70. The van der Waals surface area contributed by atoms with Crippen molar-refractivity contribution in [2.45, 2.75) is 31.7 Å². The van der Waals surface area contributed by atoms with E-state index in [1.54, 1.807) is 12.1 Å². The Hall–Kier alpha value is -2.11. The minimum absolute atomic E-state index is 0.204. The van der Waals surface area contributed by atoms with Crippen molar-refractivity contribution in [2.24, 2.45) is 23.7 Å². The fraction of sp³-hybridized carbons (Fsp3) is 0.562. The van der Waals surface area contributed by atoms with Gasteiger partial charge in [0.2, 0.25) is 11.8 Å². The molecule has 3 fully saturated rings. The number of carboxylic acid groups (broad SMARTS) is 1. The molecule has 1 N–H and O–H groups in total. The molecule has 0 radical (unpaired) electrons. The van der Waals surface area contributed by atoms with Crippen LogP contribution in [-0.2, 0) is 14.4 Å². The van der Waals surface area contributed by atoms with Crippen LogP contribution in [0.1, 0.15) is 37.5 Å². The molecule has 1 aromatic rings. The first kappa shape index (κ1) is 13.5. The monoisotopic (exact) mass is 303 g/mol. The maximum Gasteiger partial charge on any atom is 0.305 e. The molecule has 0 aromatic carbocycles. The number of imide groups is 1. The molecule has 1 aromatic heterocycles. The van der Waals surface area contributed by atoms with Gasteiger partial charge in [0, 0.05) is 0 Å². The van der Waals surface area contributed by atoms with Crippen molar-refractivity contribution < 1.29 is 23.9 Å². The molecule has 2 aliphatic carbocycles. The molecule has 4 rings (SSSR count). The minimum Gasteiger partial charge on any atom is -0.481 e. The van der Waals surface area contributed by atoms with Crippen molar-refractivity contribution in [3.05, 3.63) is 24.2 Å². The van der Waals surface area contributed by atoms with Gasteiger partial charge in [-0.25, -0.2) is 0 Å². The molecule has 6 heteroatoms. The maximum absolute atomic E-state index is 12.8. The topological polar surface area (TPSA) is 87.8 Å². The molecule has 2 saturated carbocycles. The van der Waals surface area contributed by atoms with Crippen LogP contribution in [0.3, 0.4) is 0 Å². The van der Waals surface area contributed by atoms with Gasteiger partial charge in [-0.1, -0.05) is 0 Å². The molecule has 2 heterocycles. The maximum atomic E-state index is 12.8. The van der Waals surface area contributed by atoms with E-state index in [0.29, 0.717) is 17.6 Å². The smallest absolute Gasteiger partial charge is 0.305 e. The van der Waals surface area contributed by atoms with Crippen molar-refractivity contribution in [3.8, 4) is 0 Å². The van der Waals surface area contributed by atoms with Crippen molar-refractivity contribution >= 4 is 17.8 Å². The van der Waals surface area contributed by atoms with Gasteiger partial charge in [0.15, 0.2) is 0 Å². The molecule has 116 valence electrons. The summed E-state index contributed by atoms with van der Waals surface area (Å²) in [6, 6.07) is 2.42. The van der Waals surface area contributed by atoms with Gasteiger partial charge in [-0.3, -0.25) is 19.3 Å². The van der Waals surface area contributed by atoms with E-state index in [4.69, 9.17) is 9.52 Å². The number of likely N-dealkylation sites (tertiary alicyclic amines) is 1. The van der Waals surface area contributed by atoms with Crippen molar-refractivity contribution in [3.63, 3.8) is 0 Å². The highest BCUT2D eigenvalue weighted by molar-refractivity contribution is 6.06. The second-order valence-corrected chi connectivity index (χ2v) is 6.56. The number of nitrogens with zero attached hydrogens (tertiary/aromatic N) is 1. The number of carboxylic acids is 1. The summed E-state index contributed by atoms with van der Waals surface area (Å²) in [4.78, 5) is 37.9. The average Bonchev–Trinajstić information content (AvgIpc) is 3.22. The van der Waals surface area contributed by atoms with Gasteiger partial charge in [0.25, 0.3) is 0 Å². The predicted molar refractivity (Wildman–Crippen MR) is 73.4 cm³/mol. The quantitative estimate of drug-likeness (QED) is 0.857. The van der Waals surface area contributed by atoms with E-state index in [1.165, 1.54) is 11.2 Å². The molecule has 0 spiro atoms. The molecule has 6 nitrogen and oxygen atoms in total. The highest BCUT2D eigenvalue weighted by Crippen LogP contribution is 2.57. The van der Waals surface area contributed by atoms with Crippen LogP contribution >= 0.6 is 0 Å². The Morgan fingerprint density at radius 3 is 2.41 bits per heavy atom. The Kier molecular flexibility index (Phi) is 2.89. The Bertz CT molecular complexity index is 609. The van der Waals surface area contributed by atoms with E-state index in [2.05, 4.69) is 0 Å². The molecule has 1 aliphatic heterocycles. The van der Waals surface area contributed by atoms with E-state index in [-0.39, 0.29) is 30.1 Å². The number of rotatable bonds is 4. The first-order chi connectivity index (χ1) is 10.6. The minimum atomic E-state index is -1.05. The summed E-state index contributed by atoms with van der Waals surface area (Å²) < 4.78 is 5.29. The van der Waals surface area contributed by atoms with Crippen molar-refractivity contribution in [1.29, 1.82) is 0 Å². The SMILES string of the molecule is O=C(O)C[C@H](c1ccco1)N1C(=O)[C@H]2[C@@H]3CC[C@@H](C3)[C@@H]2C1=O. The lowest BCUT2D eigenvalue weighted by molar-refractivity contribution is -0.147. The molecule has 3 aliphatic rings. The lowest BCUT2D eigenvalue weighted by Gasteiger charge is -2.25. The molecule has 22 heavy (non-hydrogen) atoms. The number of furan rings is 1. The zero-order chi connectivity index (χ0) is 15.4. The third kappa shape index (κ3) is 1.76. The summed E-state index contributed by atoms with van der Waals surface area (Å²) in [5.41, 5.74) is 0. The lowest BCUT2D eigenvalue weighted by atomic mass is 9.81. The molecule has 1 saturated heterocycles. The summed E-state index contributed by atoms with van der Waals surface area (Å²) in [5.74, 6) is -1.000. The zero-order valence-corrected chi connectivity index (χ0v) is 12.0. The number of hydrogen-bond acceptors (Lipinski definition) is 4. The van der Waals surface area contributed by atoms with Crippen LogP contribution in [0, 0.1) is 23.7 Å². The standard InChI is InChI=1S/C16H17NO5/c18-12(19)7-10(11-2-1-5-22-11)17-15(20)13-8-3-4-9(6-8)14(13)16(17)21/h1-2,5,8-10,13-14H,3-4,6-7H2,(H,18,19)/t8-,9+,10-,13+,14+/m1/s1. The number of aliphatic carboxylic acids is 1. The second kappa shape index (κ2) is 4.69. The first-order valence-electron chi connectivity index (χ1n) is 7.70. The van der Waals surface area contributed by atoms with Gasteiger partial charge in [-0.05, 0) is 43.2 Å². The zero-order valence-electron chi connectivity index (χ0n) is 12.0. The summed E-state index contributed by atoms with van der Waals surface area (Å²) in [6.45, 7) is 0. The van der Waals surface area contributed by atoms with E-state index in [0.717, 1.165) is 19.3 Å². The van der Waals surface area contributed by atoms with Crippen LogP contribution in [0.2, 0.25) is 0 Å². The molecular formula is C16H17NO5. The van der Waals surface area contributed by atoms with Crippen LogP contribution in [0.4, 0.5) is 0 Å². The van der Waals surface area contributed by atoms with Crippen molar-refractivity contribution in [1.82, 2.24) is 4.90 Å².